The fourth-order valence-corrected chi connectivity index (χ4v) is 1.77. The van der Waals surface area contributed by atoms with E-state index in [2.05, 4.69) is 37.0 Å². The van der Waals surface area contributed by atoms with Crippen LogP contribution in [0, 0.1) is 0 Å². The van der Waals surface area contributed by atoms with E-state index in [-0.39, 0.29) is 6.42 Å². The molecular formula is C19H30O3. The largest absolute Gasteiger partial charge is 0.481 e. The van der Waals surface area contributed by atoms with Crippen molar-refractivity contribution in [2.45, 2.75) is 58.3 Å². The van der Waals surface area contributed by atoms with Gasteiger partial charge in [0, 0.05) is 0 Å². The summed E-state index contributed by atoms with van der Waals surface area (Å²) in [5, 5.41) is 8.41. The van der Waals surface area contributed by atoms with Crippen LogP contribution in [0.25, 0.3) is 0 Å². The van der Waals surface area contributed by atoms with E-state index in [1.165, 1.54) is 38.2 Å². The van der Waals surface area contributed by atoms with Gasteiger partial charge in [0.1, 0.15) is 0 Å². The van der Waals surface area contributed by atoms with Crippen LogP contribution in [0.4, 0.5) is 0 Å². The minimum atomic E-state index is -0.845. The van der Waals surface area contributed by atoms with Crippen LogP contribution in [-0.2, 0) is 9.53 Å². The van der Waals surface area contributed by atoms with Crippen LogP contribution in [0.5, 0.6) is 0 Å². The van der Waals surface area contributed by atoms with Crippen molar-refractivity contribution < 1.29 is 14.6 Å². The van der Waals surface area contributed by atoms with E-state index in [1.807, 2.05) is 0 Å². The molecule has 0 fully saturated rings. The fourth-order valence-electron chi connectivity index (χ4n) is 1.77. The van der Waals surface area contributed by atoms with Gasteiger partial charge in [0.2, 0.25) is 0 Å². The predicted octanol–water partition coefficient (Wildman–Crippen LogP) is 5.05. The van der Waals surface area contributed by atoms with E-state index in [4.69, 9.17) is 9.84 Å². The first-order valence-corrected chi connectivity index (χ1v) is 8.26. The van der Waals surface area contributed by atoms with Crippen molar-refractivity contribution in [3.8, 4) is 0 Å². The maximum Gasteiger partial charge on any atom is 0.307 e. The highest BCUT2D eigenvalue weighted by atomic mass is 16.5. The fraction of sp³-hybridized carbons (Fsp3) is 0.579. The highest BCUT2D eigenvalue weighted by Gasteiger charge is 1.87. The molecule has 0 rings (SSSR count). The number of carboxylic acid groups (broad SMARTS) is 1. The summed E-state index contributed by atoms with van der Waals surface area (Å²) in [4.78, 5) is 10.2. The summed E-state index contributed by atoms with van der Waals surface area (Å²) < 4.78 is 5.37. The molecule has 0 aliphatic carbocycles. The molecule has 0 aliphatic heterocycles. The number of carbonyl (C=O) groups is 1. The standard InChI is InChI=1S/C19H30O3/c1-2-3-4-5-6-7-8-9-10-11-14-17-22-18-15-12-13-16-19(20)21/h7-8,10-11,13,15H,2-6,9,14,16-18H2,1H3,(H,20,21)/b8-7-,11-10-. The summed E-state index contributed by atoms with van der Waals surface area (Å²) in [7, 11) is 0. The molecule has 0 saturated heterocycles. The van der Waals surface area contributed by atoms with Crippen LogP contribution in [0.1, 0.15) is 58.3 Å². The van der Waals surface area contributed by atoms with Gasteiger partial charge < -0.3 is 9.84 Å². The molecule has 3 heteroatoms. The van der Waals surface area contributed by atoms with E-state index >= 15 is 0 Å². The predicted molar refractivity (Wildman–Crippen MR) is 92.0 cm³/mol. The Balaban J connectivity index is 3.35. The Morgan fingerprint density at radius 2 is 1.82 bits per heavy atom. The lowest BCUT2D eigenvalue weighted by Crippen LogP contribution is -1.92. The third kappa shape index (κ3) is 18.4. The molecule has 0 saturated carbocycles. The SMILES string of the molecule is CCCCCC/C=C\C/C=C\CCOCC=C=CCC(=O)O. The van der Waals surface area contributed by atoms with Crippen LogP contribution in [0.2, 0.25) is 0 Å². The van der Waals surface area contributed by atoms with Gasteiger partial charge >= 0.3 is 5.97 Å². The van der Waals surface area contributed by atoms with E-state index in [9.17, 15) is 4.79 Å². The summed E-state index contributed by atoms with van der Waals surface area (Å²) in [6.07, 6.45) is 20.3. The number of rotatable bonds is 14. The van der Waals surface area contributed by atoms with Crippen molar-refractivity contribution in [3.05, 3.63) is 42.2 Å². The first-order valence-electron chi connectivity index (χ1n) is 8.26. The monoisotopic (exact) mass is 306 g/mol. The molecule has 124 valence electrons. The van der Waals surface area contributed by atoms with E-state index in [0.717, 1.165) is 12.8 Å². The van der Waals surface area contributed by atoms with Crippen LogP contribution in [0.3, 0.4) is 0 Å². The molecule has 0 spiro atoms. The second-order valence-electron chi connectivity index (χ2n) is 5.06. The Morgan fingerprint density at radius 1 is 1.05 bits per heavy atom. The summed E-state index contributed by atoms with van der Waals surface area (Å²) in [6, 6.07) is 0. The molecule has 0 atom stereocenters. The van der Waals surface area contributed by atoms with Gasteiger partial charge in [-0.3, -0.25) is 4.79 Å². The number of carboxylic acids is 1. The van der Waals surface area contributed by atoms with Gasteiger partial charge in [0.05, 0.1) is 19.6 Å². The average molecular weight is 306 g/mol. The smallest absolute Gasteiger partial charge is 0.307 e. The van der Waals surface area contributed by atoms with Crippen LogP contribution in [0.15, 0.2) is 42.2 Å². The van der Waals surface area contributed by atoms with Gasteiger partial charge in [-0.15, -0.1) is 5.73 Å². The quantitative estimate of drug-likeness (QED) is 0.277. The lowest BCUT2D eigenvalue weighted by molar-refractivity contribution is -0.135. The number of hydrogen-bond acceptors (Lipinski definition) is 2. The Bertz CT molecular complexity index is 374. The Kier molecular flexibility index (Phi) is 16.2. The zero-order chi connectivity index (χ0) is 16.3. The summed E-state index contributed by atoms with van der Waals surface area (Å²) in [6.45, 7) is 3.38. The van der Waals surface area contributed by atoms with Gasteiger partial charge in [-0.2, -0.15) is 0 Å². The number of ether oxygens (including phenoxy) is 1. The molecule has 0 heterocycles. The van der Waals surface area contributed by atoms with Gasteiger partial charge in [-0.05, 0) is 37.8 Å². The number of allylic oxidation sites excluding steroid dienone is 3. The highest BCUT2D eigenvalue weighted by molar-refractivity contribution is 5.68. The first kappa shape index (κ1) is 20.4. The molecular weight excluding hydrogens is 276 g/mol. The molecule has 1 N–H and O–H groups in total. The molecule has 0 aromatic carbocycles. The lowest BCUT2D eigenvalue weighted by Gasteiger charge is -1.95. The molecule has 0 aromatic heterocycles. The highest BCUT2D eigenvalue weighted by Crippen LogP contribution is 2.03. The van der Waals surface area contributed by atoms with Gasteiger partial charge in [0.15, 0.2) is 0 Å². The van der Waals surface area contributed by atoms with Crippen molar-refractivity contribution in [3.63, 3.8) is 0 Å². The molecule has 3 nitrogen and oxygen atoms in total. The number of unbranched alkanes of at least 4 members (excludes halogenated alkanes) is 4. The molecule has 0 amide bonds. The zero-order valence-corrected chi connectivity index (χ0v) is 13.8. The summed E-state index contributed by atoms with van der Waals surface area (Å²) >= 11 is 0. The van der Waals surface area contributed by atoms with Crippen LogP contribution in [-0.4, -0.2) is 24.3 Å². The maximum atomic E-state index is 10.2. The van der Waals surface area contributed by atoms with Gasteiger partial charge in [0.25, 0.3) is 0 Å². The van der Waals surface area contributed by atoms with Crippen molar-refractivity contribution >= 4 is 5.97 Å². The summed E-state index contributed by atoms with van der Waals surface area (Å²) in [5.41, 5.74) is 2.78. The van der Waals surface area contributed by atoms with Crippen LogP contribution < -0.4 is 0 Å². The Hall–Kier alpha value is -1.57. The molecule has 22 heavy (non-hydrogen) atoms. The summed E-state index contributed by atoms with van der Waals surface area (Å²) in [5.74, 6) is -0.845. The van der Waals surface area contributed by atoms with Gasteiger partial charge in [-0.1, -0.05) is 50.5 Å². The third-order valence-corrected chi connectivity index (χ3v) is 2.97. The number of hydrogen-bond donors (Lipinski definition) is 1. The zero-order valence-electron chi connectivity index (χ0n) is 13.8. The van der Waals surface area contributed by atoms with E-state index in [1.54, 1.807) is 6.08 Å². The molecule has 0 bridgehead atoms. The Labute approximate surface area is 135 Å². The average Bonchev–Trinajstić information content (AvgIpc) is 2.50. The van der Waals surface area contributed by atoms with Crippen molar-refractivity contribution in [2.75, 3.05) is 13.2 Å². The topological polar surface area (TPSA) is 46.5 Å². The van der Waals surface area contributed by atoms with E-state index in [0.29, 0.717) is 13.2 Å². The molecule has 0 aliphatic rings. The second-order valence-corrected chi connectivity index (χ2v) is 5.06. The van der Waals surface area contributed by atoms with Crippen molar-refractivity contribution in [2.24, 2.45) is 0 Å². The van der Waals surface area contributed by atoms with Crippen molar-refractivity contribution in [1.29, 1.82) is 0 Å². The molecule has 0 unspecified atom stereocenters. The van der Waals surface area contributed by atoms with Crippen molar-refractivity contribution in [1.82, 2.24) is 0 Å². The lowest BCUT2D eigenvalue weighted by atomic mass is 10.1. The Morgan fingerprint density at radius 3 is 2.55 bits per heavy atom. The first-order chi connectivity index (χ1) is 10.8. The van der Waals surface area contributed by atoms with E-state index < -0.39 is 5.97 Å². The number of aliphatic carboxylic acids is 1. The maximum absolute atomic E-state index is 10.2. The minimum Gasteiger partial charge on any atom is -0.481 e. The second kappa shape index (κ2) is 17.5. The minimum absolute atomic E-state index is 0.00532. The van der Waals surface area contributed by atoms with Gasteiger partial charge in [-0.25, -0.2) is 0 Å². The normalized spacial score (nSPS) is 11.0. The molecule has 0 radical (unpaired) electrons. The van der Waals surface area contributed by atoms with Crippen LogP contribution >= 0.6 is 0 Å². The molecule has 0 aromatic rings. The third-order valence-electron chi connectivity index (χ3n) is 2.97.